The summed E-state index contributed by atoms with van der Waals surface area (Å²) in [5.41, 5.74) is 2.58. The van der Waals surface area contributed by atoms with E-state index in [9.17, 15) is 9.70 Å². The zero-order valence-corrected chi connectivity index (χ0v) is 16.2. The molecule has 0 N–H and O–H groups in total. The first-order chi connectivity index (χ1) is 13.0. The van der Waals surface area contributed by atoms with Gasteiger partial charge < -0.3 is 4.74 Å². The Morgan fingerprint density at radius 1 is 1.19 bits per heavy atom. The van der Waals surface area contributed by atoms with E-state index in [0.717, 1.165) is 31.6 Å². The molecule has 1 aliphatic heterocycles. The first kappa shape index (κ1) is 16.5. The number of rotatable bonds is 1. The number of ether oxygens (including phenoxy) is 1. The molecule has 6 unspecified atom stereocenters. The van der Waals surface area contributed by atoms with Gasteiger partial charge in [-0.25, -0.2) is 0 Å². The van der Waals surface area contributed by atoms with Gasteiger partial charge in [-0.3, -0.25) is 4.79 Å². The van der Waals surface area contributed by atoms with E-state index in [1.165, 1.54) is 30.4 Å². The summed E-state index contributed by atoms with van der Waals surface area (Å²) in [7, 11) is 0. The molecular weight excluding hydrogens is 338 g/mol. The van der Waals surface area contributed by atoms with E-state index in [0.29, 0.717) is 36.0 Å². The van der Waals surface area contributed by atoms with Crippen LogP contribution in [0.5, 0.6) is 0 Å². The van der Waals surface area contributed by atoms with Crippen LogP contribution < -0.4 is 0 Å². The maximum atomic E-state index is 12.1. The third kappa shape index (κ3) is 1.88. The van der Waals surface area contributed by atoms with Crippen molar-refractivity contribution in [1.82, 2.24) is 0 Å². The highest BCUT2D eigenvalue weighted by molar-refractivity contribution is 5.73. The fraction of sp³-hybridized carbons (Fsp3) is 0.783. The molecule has 144 valence electrons. The molecule has 1 heterocycles. The minimum absolute atomic E-state index is 0.0302. The van der Waals surface area contributed by atoms with Crippen LogP contribution in [0.2, 0.25) is 0 Å². The molecule has 4 saturated carbocycles. The van der Waals surface area contributed by atoms with Crippen molar-refractivity contribution in [2.24, 2.45) is 46.1 Å². The van der Waals surface area contributed by atoms with E-state index < -0.39 is 0 Å². The van der Waals surface area contributed by atoms with Crippen molar-refractivity contribution in [3.05, 3.63) is 28.7 Å². The topological polar surface area (TPSA) is 55.7 Å². The number of hydrogen-bond donors (Lipinski definition) is 0. The average Bonchev–Trinajstić information content (AvgIpc) is 3.30. The molecule has 1 spiro atoms. The molecule has 6 rings (SSSR count). The Morgan fingerprint density at radius 2 is 2.04 bits per heavy atom. The summed E-state index contributed by atoms with van der Waals surface area (Å²) in [4.78, 5) is 23.2. The SMILES string of the molecule is C=C1CC2C(CC[C@@]3(C)C2C2CC2[C@@]32CCC(=O)O2)[C@H]2CCC(N=O)C=C12. The van der Waals surface area contributed by atoms with Crippen LogP contribution in [0.3, 0.4) is 0 Å². The van der Waals surface area contributed by atoms with Crippen molar-refractivity contribution in [2.45, 2.75) is 69.9 Å². The zero-order valence-electron chi connectivity index (χ0n) is 16.2. The van der Waals surface area contributed by atoms with Crippen LogP contribution in [0, 0.1) is 45.8 Å². The Balaban J connectivity index is 1.37. The van der Waals surface area contributed by atoms with Crippen LogP contribution in [0.25, 0.3) is 0 Å². The molecule has 5 fully saturated rings. The highest BCUT2D eigenvalue weighted by Gasteiger charge is 2.78. The number of allylic oxidation sites excluding steroid dienone is 2. The molecule has 5 aliphatic carbocycles. The number of carbonyl (C=O) groups is 1. The van der Waals surface area contributed by atoms with Crippen molar-refractivity contribution in [1.29, 1.82) is 0 Å². The highest BCUT2D eigenvalue weighted by Crippen LogP contribution is 2.78. The summed E-state index contributed by atoms with van der Waals surface area (Å²) in [6, 6.07) is -0.154. The number of fused-ring (bicyclic) bond motifs is 9. The Labute approximate surface area is 160 Å². The normalized spacial score (nSPS) is 55.1. The monoisotopic (exact) mass is 367 g/mol. The maximum absolute atomic E-state index is 12.1. The number of nitrogens with zero attached hydrogens (tertiary/aromatic N) is 1. The number of carbonyl (C=O) groups excluding carboxylic acids is 1. The van der Waals surface area contributed by atoms with Crippen LogP contribution in [-0.2, 0) is 9.53 Å². The first-order valence-corrected chi connectivity index (χ1v) is 10.9. The van der Waals surface area contributed by atoms with Crippen LogP contribution in [0.15, 0.2) is 29.0 Å². The second-order valence-electron chi connectivity index (χ2n) is 10.5. The molecule has 0 bridgehead atoms. The van der Waals surface area contributed by atoms with E-state index in [2.05, 4.69) is 24.8 Å². The van der Waals surface area contributed by atoms with E-state index in [-0.39, 0.29) is 23.0 Å². The third-order valence-electron chi connectivity index (χ3n) is 9.69. The second-order valence-corrected chi connectivity index (χ2v) is 10.5. The van der Waals surface area contributed by atoms with Gasteiger partial charge in [0.15, 0.2) is 0 Å². The lowest BCUT2D eigenvalue weighted by Crippen LogP contribution is -2.55. The Bertz CT molecular complexity index is 786. The van der Waals surface area contributed by atoms with E-state index in [1.54, 1.807) is 0 Å². The molecule has 0 aromatic carbocycles. The predicted molar refractivity (Wildman–Crippen MR) is 102 cm³/mol. The van der Waals surface area contributed by atoms with Crippen LogP contribution in [0.4, 0.5) is 0 Å². The van der Waals surface area contributed by atoms with Crippen LogP contribution in [0.1, 0.15) is 58.3 Å². The van der Waals surface area contributed by atoms with Gasteiger partial charge in [0.1, 0.15) is 11.6 Å². The van der Waals surface area contributed by atoms with Gasteiger partial charge in [0.25, 0.3) is 0 Å². The lowest BCUT2D eigenvalue weighted by atomic mass is 9.48. The minimum atomic E-state index is -0.166. The first-order valence-electron chi connectivity index (χ1n) is 10.9. The number of hydrogen-bond acceptors (Lipinski definition) is 4. The van der Waals surface area contributed by atoms with Gasteiger partial charge in [-0.1, -0.05) is 30.3 Å². The lowest BCUT2D eigenvalue weighted by Gasteiger charge is -2.57. The molecule has 4 heteroatoms. The van der Waals surface area contributed by atoms with E-state index in [4.69, 9.17) is 4.74 Å². The van der Waals surface area contributed by atoms with Gasteiger partial charge in [-0.2, -0.15) is 4.91 Å². The Hall–Kier alpha value is -1.45. The van der Waals surface area contributed by atoms with Crippen LogP contribution >= 0.6 is 0 Å². The lowest BCUT2D eigenvalue weighted by molar-refractivity contribution is -0.173. The quantitative estimate of drug-likeness (QED) is 0.494. The Morgan fingerprint density at radius 3 is 2.78 bits per heavy atom. The van der Waals surface area contributed by atoms with E-state index in [1.807, 2.05) is 0 Å². The number of esters is 1. The molecule has 0 radical (unpaired) electrons. The molecule has 4 nitrogen and oxygen atoms in total. The summed E-state index contributed by atoms with van der Waals surface area (Å²) in [6.45, 7) is 6.88. The van der Waals surface area contributed by atoms with Gasteiger partial charge in [0.2, 0.25) is 0 Å². The van der Waals surface area contributed by atoms with Gasteiger partial charge >= 0.3 is 5.97 Å². The minimum Gasteiger partial charge on any atom is -0.458 e. The summed E-state index contributed by atoms with van der Waals surface area (Å²) in [5.74, 6) is 4.01. The van der Waals surface area contributed by atoms with Crippen molar-refractivity contribution >= 4 is 5.97 Å². The van der Waals surface area contributed by atoms with Gasteiger partial charge in [0, 0.05) is 17.8 Å². The average molecular weight is 367 g/mol. The molecule has 6 aliphatic rings. The fourth-order valence-electron chi connectivity index (χ4n) is 8.71. The van der Waals surface area contributed by atoms with E-state index >= 15 is 0 Å². The fourth-order valence-corrected chi connectivity index (χ4v) is 8.71. The molecule has 1 saturated heterocycles. The Kier molecular flexibility index (Phi) is 3.13. The molecule has 9 atom stereocenters. The summed E-state index contributed by atoms with van der Waals surface area (Å²) in [6.07, 6.45) is 10.4. The van der Waals surface area contributed by atoms with Crippen molar-refractivity contribution in [2.75, 3.05) is 0 Å². The van der Waals surface area contributed by atoms with Gasteiger partial charge in [-0.15, -0.1) is 0 Å². The third-order valence-corrected chi connectivity index (χ3v) is 9.69. The molecule has 0 aromatic rings. The largest absolute Gasteiger partial charge is 0.458 e. The molecule has 0 amide bonds. The smallest absolute Gasteiger partial charge is 0.306 e. The summed E-state index contributed by atoms with van der Waals surface area (Å²) in [5, 5.41) is 3.30. The van der Waals surface area contributed by atoms with Crippen molar-refractivity contribution in [3.8, 4) is 0 Å². The highest BCUT2D eigenvalue weighted by atomic mass is 16.6. The zero-order chi connectivity index (χ0) is 18.6. The maximum Gasteiger partial charge on any atom is 0.306 e. The van der Waals surface area contributed by atoms with Crippen LogP contribution in [-0.4, -0.2) is 17.6 Å². The van der Waals surface area contributed by atoms with Crippen molar-refractivity contribution < 1.29 is 9.53 Å². The molecular formula is C23H29NO3. The molecule has 0 aromatic heterocycles. The van der Waals surface area contributed by atoms with Gasteiger partial charge in [-0.05, 0) is 80.1 Å². The number of nitroso groups, excluding NO2 is 1. The van der Waals surface area contributed by atoms with Crippen molar-refractivity contribution in [3.63, 3.8) is 0 Å². The predicted octanol–water partition coefficient (Wildman–Crippen LogP) is 4.79. The standard InChI is InChI=1S/C23H29NO3/c1-12-9-17-15(14-4-3-13(24-26)10-16(12)14)5-7-22(2)21(17)18-11-19(18)23(22)8-6-20(25)27-23/h10,13-15,17-19,21H,1,3-9,11H2,2H3/t13?,14-,15?,17?,18?,19?,21?,22+,23+/m1/s1. The molecule has 27 heavy (non-hydrogen) atoms. The summed E-state index contributed by atoms with van der Waals surface area (Å²) < 4.78 is 6.16. The second kappa shape index (κ2) is 5.12. The van der Waals surface area contributed by atoms with Gasteiger partial charge in [0.05, 0.1) is 0 Å². The summed E-state index contributed by atoms with van der Waals surface area (Å²) >= 11 is 0.